The number of fused-ring (bicyclic) bond motifs is 3. The zero-order valence-corrected chi connectivity index (χ0v) is 35.8. The minimum absolute atomic E-state index is 0.0675. The van der Waals surface area contributed by atoms with Crippen molar-refractivity contribution in [2.45, 2.75) is 132 Å². The van der Waals surface area contributed by atoms with Crippen LogP contribution in [0.3, 0.4) is 0 Å². The second-order valence-corrected chi connectivity index (χ2v) is 20.1. The van der Waals surface area contributed by atoms with Gasteiger partial charge in [-0.2, -0.15) is 0 Å². The van der Waals surface area contributed by atoms with E-state index in [0.29, 0.717) is 22.7 Å². The zero-order chi connectivity index (χ0) is 38.9. The Balaban J connectivity index is 1.94. The van der Waals surface area contributed by atoms with Gasteiger partial charge in [0, 0.05) is 33.0 Å². The van der Waals surface area contributed by atoms with Crippen molar-refractivity contribution in [3.8, 4) is 22.6 Å². The number of rotatable bonds is 5. The van der Waals surface area contributed by atoms with Crippen molar-refractivity contribution in [3.63, 3.8) is 0 Å². The fourth-order valence-electron chi connectivity index (χ4n) is 6.64. The van der Waals surface area contributed by atoms with E-state index in [2.05, 4.69) is 147 Å². The third-order valence-electron chi connectivity index (χ3n) is 10.1. The fraction of sp³-hybridized carbons (Fsp3) is 0.455. The third-order valence-corrected chi connectivity index (χ3v) is 11.5. The van der Waals surface area contributed by atoms with Crippen LogP contribution in [0.1, 0.15) is 128 Å². The van der Waals surface area contributed by atoms with Crippen molar-refractivity contribution in [3.05, 3.63) is 93.0 Å². The first-order chi connectivity index (χ1) is 23.8. The first kappa shape index (κ1) is 39.9. The van der Waals surface area contributed by atoms with E-state index < -0.39 is 16.8 Å². The lowest BCUT2D eigenvalue weighted by Crippen LogP contribution is -2.16. The van der Waals surface area contributed by atoms with Crippen LogP contribution in [0.5, 0.6) is 11.5 Å². The maximum absolute atomic E-state index is 10.4. The first-order valence-electron chi connectivity index (χ1n) is 18.1. The summed E-state index contributed by atoms with van der Waals surface area (Å²) in [5, 5.41) is 1.94. The zero-order valence-electron chi connectivity index (χ0n) is 34.0. The van der Waals surface area contributed by atoms with Crippen molar-refractivity contribution < 1.29 is 27.2 Å². The van der Waals surface area contributed by atoms with Gasteiger partial charge in [0.1, 0.15) is 22.7 Å². The molecule has 0 aliphatic rings. The number of aryl methyl sites for hydroxylation is 2. The number of hydrogen-bond acceptors (Lipinski definition) is 6. The Hall–Kier alpha value is -3.27. The van der Waals surface area contributed by atoms with Gasteiger partial charge < -0.3 is 27.2 Å². The summed E-state index contributed by atoms with van der Waals surface area (Å²) < 4.78 is 26.8. The van der Waals surface area contributed by atoms with Crippen molar-refractivity contribution in [2.75, 3.05) is 0 Å². The molecule has 52 heavy (non-hydrogen) atoms. The highest BCUT2D eigenvalue weighted by atomic mass is 31.2. The van der Waals surface area contributed by atoms with Crippen LogP contribution in [0.4, 0.5) is 0 Å². The minimum atomic E-state index is -2.71. The highest BCUT2D eigenvalue weighted by Crippen LogP contribution is 2.54. The molecule has 0 bridgehead atoms. The highest BCUT2D eigenvalue weighted by Gasteiger charge is 2.33. The van der Waals surface area contributed by atoms with Crippen LogP contribution >= 0.6 is 16.8 Å². The molecule has 8 heteroatoms. The highest BCUT2D eigenvalue weighted by molar-refractivity contribution is 7.39. The van der Waals surface area contributed by atoms with Gasteiger partial charge in [0.05, 0.1) is 0 Å². The Morgan fingerprint density at radius 3 is 1.29 bits per heavy atom. The maximum Gasteiger partial charge on any atom is 0.453 e. The van der Waals surface area contributed by atoms with Gasteiger partial charge in [-0.3, -0.25) is 0 Å². The summed E-state index contributed by atoms with van der Waals surface area (Å²) >= 11 is 0. The first-order valence-corrected chi connectivity index (χ1v) is 20.3. The predicted octanol–water partition coefficient (Wildman–Crippen LogP) is 13.8. The van der Waals surface area contributed by atoms with E-state index in [0.717, 1.165) is 55.3 Å². The fourth-order valence-corrected chi connectivity index (χ4v) is 8.08. The summed E-state index contributed by atoms with van der Waals surface area (Å²) in [6.45, 7) is 34.5. The lowest BCUT2D eigenvalue weighted by atomic mass is 9.78. The molecule has 0 amide bonds. The standard InChI is InChI=1S/C44H58O6P2/c1-25-21-33(43(11,12)13)39(49-51(45)46)37(27(25)3)38-28(4)26(2)22-34(44(14,15)16)40(38)50-52-47-35-19-17-29(41(5,6)7)23-31(35)32-24-30(42(8,9)10)18-20-36(32)48-52/h17-24,45-46H,1-16H3. The molecule has 280 valence electrons. The average Bonchev–Trinajstić information content (AvgIpc) is 3.14. The van der Waals surface area contributed by atoms with Gasteiger partial charge in [0.25, 0.3) is 0 Å². The molecule has 1 heterocycles. The Kier molecular flexibility index (Phi) is 10.6. The van der Waals surface area contributed by atoms with E-state index in [1.54, 1.807) is 0 Å². The molecule has 0 fully saturated rings. The maximum atomic E-state index is 10.4. The van der Waals surface area contributed by atoms with E-state index in [-0.39, 0.29) is 21.7 Å². The lowest BCUT2D eigenvalue weighted by molar-refractivity contribution is 0.370. The molecule has 2 N–H and O–H groups in total. The van der Waals surface area contributed by atoms with E-state index in [1.807, 2.05) is 12.1 Å². The summed E-state index contributed by atoms with van der Waals surface area (Å²) in [5.74, 6) is 1.07. The topological polar surface area (TPSA) is 85.2 Å². The Labute approximate surface area is 313 Å². The summed E-state index contributed by atoms with van der Waals surface area (Å²) in [6.07, 6.45) is 0. The van der Waals surface area contributed by atoms with Crippen LogP contribution in [0.2, 0.25) is 0 Å². The molecule has 5 aromatic rings. The summed E-state index contributed by atoms with van der Waals surface area (Å²) in [5.41, 5.74) is 10.5. The van der Waals surface area contributed by atoms with Crippen LogP contribution in [0, 0.1) is 27.7 Å². The molecular weight excluding hydrogens is 686 g/mol. The van der Waals surface area contributed by atoms with Crippen molar-refractivity contribution in [1.82, 2.24) is 0 Å². The molecule has 0 spiro atoms. The predicted molar refractivity (Wildman–Crippen MR) is 220 cm³/mol. The van der Waals surface area contributed by atoms with Crippen molar-refractivity contribution in [2.24, 2.45) is 0 Å². The van der Waals surface area contributed by atoms with Gasteiger partial charge in [0.15, 0.2) is 0 Å². The Morgan fingerprint density at radius 2 is 0.923 bits per heavy atom. The molecule has 0 saturated heterocycles. The van der Waals surface area contributed by atoms with Gasteiger partial charge in [-0.1, -0.05) is 107 Å². The molecular formula is C44H58O6P2. The smallest absolute Gasteiger partial charge is 0.426 e. The van der Waals surface area contributed by atoms with Gasteiger partial charge in [0.2, 0.25) is 0 Å². The van der Waals surface area contributed by atoms with E-state index in [4.69, 9.17) is 17.4 Å². The number of hydrogen-bond donors (Lipinski definition) is 2. The normalized spacial score (nSPS) is 13.0. The van der Waals surface area contributed by atoms with Crippen LogP contribution in [0.25, 0.3) is 33.1 Å². The van der Waals surface area contributed by atoms with Gasteiger partial charge in [-0.15, -0.1) is 0 Å². The van der Waals surface area contributed by atoms with E-state index >= 15 is 0 Å². The van der Waals surface area contributed by atoms with E-state index in [9.17, 15) is 9.79 Å². The molecule has 1 aromatic heterocycles. The monoisotopic (exact) mass is 744 g/mol. The largest absolute Gasteiger partial charge is 0.453 e. The van der Waals surface area contributed by atoms with Crippen molar-refractivity contribution >= 4 is 38.8 Å². The third kappa shape index (κ3) is 7.97. The number of benzene rings is 4. The van der Waals surface area contributed by atoms with Crippen LogP contribution in [-0.4, -0.2) is 9.79 Å². The summed E-state index contributed by atoms with van der Waals surface area (Å²) in [6, 6.07) is 17.1. The summed E-state index contributed by atoms with van der Waals surface area (Å²) in [7, 11) is -4.74. The minimum Gasteiger partial charge on any atom is -0.426 e. The molecule has 6 nitrogen and oxygen atoms in total. The van der Waals surface area contributed by atoms with Crippen LogP contribution in [-0.2, 0) is 21.7 Å². The van der Waals surface area contributed by atoms with Gasteiger partial charge in [-0.25, -0.2) is 0 Å². The van der Waals surface area contributed by atoms with E-state index in [1.165, 1.54) is 11.1 Å². The molecule has 0 saturated carbocycles. The van der Waals surface area contributed by atoms with Crippen molar-refractivity contribution in [1.29, 1.82) is 0 Å². The Bertz CT molecular complexity index is 2120. The second kappa shape index (κ2) is 13.9. The molecule has 4 aromatic carbocycles. The van der Waals surface area contributed by atoms with Gasteiger partial charge >= 0.3 is 16.8 Å². The quantitative estimate of drug-likeness (QED) is 0.174. The molecule has 0 aliphatic carbocycles. The molecule has 0 radical (unpaired) electrons. The second-order valence-electron chi connectivity index (χ2n) is 18.4. The van der Waals surface area contributed by atoms with Crippen LogP contribution in [0.15, 0.2) is 56.9 Å². The van der Waals surface area contributed by atoms with Gasteiger partial charge in [-0.05, 0) is 107 Å². The molecule has 0 aliphatic heterocycles. The lowest BCUT2D eigenvalue weighted by Gasteiger charge is -2.30. The Morgan fingerprint density at radius 1 is 0.538 bits per heavy atom. The summed E-state index contributed by atoms with van der Waals surface area (Å²) in [4.78, 5) is 20.7. The SMILES string of the molecule is Cc1cc(C(C)(C)C)c(OP(O)O)c(-c2c(C)c(C)cc(C(C)(C)C)c2Op2oc3ccc(C(C)(C)C)cc3c3cc(C(C)(C)C)ccc3o2)c1C. The molecule has 5 rings (SSSR count). The molecule has 0 atom stereocenters. The molecule has 0 unspecified atom stereocenters. The van der Waals surface area contributed by atoms with Crippen LogP contribution < -0.4 is 9.05 Å². The average molecular weight is 745 g/mol.